The molecule has 0 bridgehead atoms. The molecule has 2 N–H and O–H groups in total. The minimum absolute atomic E-state index is 0. The number of aromatic nitrogens is 3. The number of fused-ring (bicyclic) bond motifs is 1. The Hall–Kier alpha value is -0.860. The molecule has 0 unspecified atom stereocenters. The standard InChI is InChI=1S/C16H28N6.HI/c1-17-16(18-10-4-8-13-6-2-3-7-13)19-12-15-21-20-14-9-5-11-22(14)15;/h13H,2-12H2,1H3,(H2,17,18,19);1H. The molecular formula is C16H29IN6. The van der Waals surface area contributed by atoms with Gasteiger partial charge in [-0.3, -0.25) is 4.99 Å². The molecule has 0 amide bonds. The average Bonchev–Trinajstić information content (AvgIpc) is 3.25. The smallest absolute Gasteiger partial charge is 0.191 e. The molecule has 1 aliphatic carbocycles. The minimum Gasteiger partial charge on any atom is -0.356 e. The predicted octanol–water partition coefficient (Wildman–Crippen LogP) is 2.48. The van der Waals surface area contributed by atoms with Crippen LogP contribution in [0.25, 0.3) is 0 Å². The second-order valence-corrected chi connectivity index (χ2v) is 6.43. The van der Waals surface area contributed by atoms with Gasteiger partial charge in [-0.05, 0) is 25.2 Å². The highest BCUT2D eigenvalue weighted by molar-refractivity contribution is 14.0. The molecule has 1 aromatic rings. The van der Waals surface area contributed by atoms with Gasteiger partial charge in [-0.15, -0.1) is 34.2 Å². The van der Waals surface area contributed by atoms with Crippen LogP contribution in [0.1, 0.15) is 56.6 Å². The van der Waals surface area contributed by atoms with E-state index in [1.807, 2.05) is 7.05 Å². The van der Waals surface area contributed by atoms with E-state index in [-0.39, 0.29) is 24.0 Å². The summed E-state index contributed by atoms with van der Waals surface area (Å²) in [5.74, 6) is 3.97. The van der Waals surface area contributed by atoms with Gasteiger partial charge in [0.25, 0.3) is 0 Å². The predicted molar refractivity (Wildman–Crippen MR) is 103 cm³/mol. The maximum Gasteiger partial charge on any atom is 0.191 e. The Kier molecular flexibility index (Phi) is 7.58. The summed E-state index contributed by atoms with van der Waals surface area (Å²) in [5, 5.41) is 15.2. The first kappa shape index (κ1) is 18.5. The highest BCUT2D eigenvalue weighted by Crippen LogP contribution is 2.28. The van der Waals surface area contributed by atoms with Crippen LogP contribution >= 0.6 is 24.0 Å². The minimum atomic E-state index is 0. The highest BCUT2D eigenvalue weighted by atomic mass is 127. The molecule has 1 fully saturated rings. The van der Waals surface area contributed by atoms with Gasteiger partial charge in [0.2, 0.25) is 0 Å². The molecule has 0 saturated heterocycles. The number of rotatable bonds is 6. The van der Waals surface area contributed by atoms with Gasteiger partial charge in [-0.25, -0.2) is 0 Å². The van der Waals surface area contributed by atoms with Crippen LogP contribution in [0.3, 0.4) is 0 Å². The molecule has 0 spiro atoms. The van der Waals surface area contributed by atoms with Gasteiger partial charge >= 0.3 is 0 Å². The monoisotopic (exact) mass is 432 g/mol. The molecule has 2 heterocycles. The van der Waals surface area contributed by atoms with E-state index in [2.05, 4.69) is 30.4 Å². The molecule has 0 radical (unpaired) electrons. The van der Waals surface area contributed by atoms with Crippen molar-refractivity contribution in [2.45, 2.75) is 64.5 Å². The Balaban J connectivity index is 0.00000192. The Bertz CT molecular complexity index is 507. The summed E-state index contributed by atoms with van der Waals surface area (Å²) in [4.78, 5) is 4.29. The summed E-state index contributed by atoms with van der Waals surface area (Å²) in [6.45, 7) is 2.73. The largest absolute Gasteiger partial charge is 0.356 e. The fraction of sp³-hybridized carbons (Fsp3) is 0.812. The van der Waals surface area contributed by atoms with Gasteiger partial charge in [0.15, 0.2) is 11.8 Å². The number of aliphatic imine (C=N–C) groups is 1. The second kappa shape index (κ2) is 9.44. The fourth-order valence-electron chi connectivity index (χ4n) is 3.62. The zero-order chi connectivity index (χ0) is 15.2. The second-order valence-electron chi connectivity index (χ2n) is 6.43. The van der Waals surface area contributed by atoms with Crippen molar-refractivity contribution in [1.82, 2.24) is 25.4 Å². The lowest BCUT2D eigenvalue weighted by molar-refractivity contribution is 0.481. The van der Waals surface area contributed by atoms with Crippen molar-refractivity contribution >= 4 is 29.9 Å². The van der Waals surface area contributed by atoms with E-state index in [0.717, 1.165) is 43.0 Å². The summed E-state index contributed by atoms with van der Waals surface area (Å²) in [6.07, 6.45) is 10.6. The number of aryl methyl sites for hydroxylation is 1. The first-order chi connectivity index (χ1) is 10.9. The van der Waals surface area contributed by atoms with Gasteiger partial charge < -0.3 is 15.2 Å². The van der Waals surface area contributed by atoms with Crippen molar-refractivity contribution in [2.75, 3.05) is 13.6 Å². The maximum atomic E-state index is 4.29. The fourth-order valence-corrected chi connectivity index (χ4v) is 3.62. The van der Waals surface area contributed by atoms with Crippen molar-refractivity contribution in [3.05, 3.63) is 11.6 Å². The van der Waals surface area contributed by atoms with Gasteiger partial charge in [-0.2, -0.15) is 0 Å². The molecule has 130 valence electrons. The molecule has 0 atom stereocenters. The Morgan fingerprint density at radius 3 is 2.83 bits per heavy atom. The third kappa shape index (κ3) is 5.06. The molecule has 3 rings (SSSR count). The molecule has 1 saturated carbocycles. The van der Waals surface area contributed by atoms with Crippen molar-refractivity contribution in [1.29, 1.82) is 0 Å². The summed E-state index contributed by atoms with van der Waals surface area (Å²) < 4.78 is 2.22. The quantitative estimate of drug-likeness (QED) is 0.314. The van der Waals surface area contributed by atoms with E-state index in [0.29, 0.717) is 6.54 Å². The number of hydrogen-bond donors (Lipinski definition) is 2. The Morgan fingerprint density at radius 1 is 1.22 bits per heavy atom. The van der Waals surface area contributed by atoms with E-state index in [9.17, 15) is 0 Å². The summed E-state index contributed by atoms with van der Waals surface area (Å²) in [6, 6.07) is 0. The van der Waals surface area contributed by atoms with E-state index in [1.165, 1.54) is 44.9 Å². The number of nitrogens with zero attached hydrogens (tertiary/aromatic N) is 4. The van der Waals surface area contributed by atoms with E-state index in [1.54, 1.807) is 0 Å². The van der Waals surface area contributed by atoms with Crippen LogP contribution in [0.15, 0.2) is 4.99 Å². The van der Waals surface area contributed by atoms with Crippen LogP contribution in [-0.2, 0) is 19.5 Å². The van der Waals surface area contributed by atoms with Crippen LogP contribution in [0.5, 0.6) is 0 Å². The molecular weight excluding hydrogens is 403 g/mol. The molecule has 6 nitrogen and oxygen atoms in total. The van der Waals surface area contributed by atoms with Crippen LogP contribution in [0.2, 0.25) is 0 Å². The maximum absolute atomic E-state index is 4.29. The zero-order valence-electron chi connectivity index (χ0n) is 14.1. The molecule has 1 aromatic heterocycles. The number of hydrogen-bond acceptors (Lipinski definition) is 3. The van der Waals surface area contributed by atoms with Gasteiger partial charge in [0.05, 0.1) is 6.54 Å². The number of halogens is 1. The molecule has 23 heavy (non-hydrogen) atoms. The summed E-state index contributed by atoms with van der Waals surface area (Å²) in [7, 11) is 1.82. The third-order valence-corrected chi connectivity index (χ3v) is 4.88. The average molecular weight is 432 g/mol. The van der Waals surface area contributed by atoms with Gasteiger partial charge in [-0.1, -0.05) is 25.7 Å². The zero-order valence-corrected chi connectivity index (χ0v) is 16.4. The lowest BCUT2D eigenvalue weighted by Crippen LogP contribution is -2.38. The number of nitrogens with one attached hydrogen (secondary N) is 2. The molecule has 7 heteroatoms. The van der Waals surface area contributed by atoms with Crippen molar-refractivity contribution < 1.29 is 0 Å². The summed E-state index contributed by atoms with van der Waals surface area (Å²) in [5.41, 5.74) is 0. The van der Waals surface area contributed by atoms with Crippen LogP contribution in [0.4, 0.5) is 0 Å². The Morgan fingerprint density at radius 2 is 2.04 bits per heavy atom. The van der Waals surface area contributed by atoms with E-state index >= 15 is 0 Å². The number of guanidine groups is 1. The molecule has 2 aliphatic rings. The first-order valence-electron chi connectivity index (χ1n) is 8.72. The van der Waals surface area contributed by atoms with Crippen LogP contribution in [-0.4, -0.2) is 34.3 Å². The van der Waals surface area contributed by atoms with E-state index < -0.39 is 0 Å². The van der Waals surface area contributed by atoms with Crippen LogP contribution in [0, 0.1) is 5.92 Å². The lowest BCUT2D eigenvalue weighted by atomic mass is 10.0. The summed E-state index contributed by atoms with van der Waals surface area (Å²) >= 11 is 0. The van der Waals surface area contributed by atoms with Crippen molar-refractivity contribution in [3.8, 4) is 0 Å². The lowest BCUT2D eigenvalue weighted by Gasteiger charge is -2.13. The van der Waals surface area contributed by atoms with Gasteiger partial charge in [0.1, 0.15) is 5.82 Å². The SMILES string of the molecule is CN=C(NCCCC1CCCC1)NCc1nnc2n1CCC2.I. The third-order valence-electron chi connectivity index (χ3n) is 4.88. The molecule has 1 aliphatic heterocycles. The Labute approximate surface area is 155 Å². The van der Waals surface area contributed by atoms with Crippen molar-refractivity contribution in [3.63, 3.8) is 0 Å². The van der Waals surface area contributed by atoms with Gasteiger partial charge in [0, 0.05) is 26.6 Å². The first-order valence-corrected chi connectivity index (χ1v) is 8.72. The normalized spacial score (nSPS) is 17.9. The molecule has 0 aromatic carbocycles. The highest BCUT2D eigenvalue weighted by Gasteiger charge is 2.17. The van der Waals surface area contributed by atoms with E-state index in [4.69, 9.17) is 0 Å². The topological polar surface area (TPSA) is 67.1 Å². The van der Waals surface area contributed by atoms with Crippen LogP contribution < -0.4 is 10.6 Å². The van der Waals surface area contributed by atoms with Crippen molar-refractivity contribution in [2.24, 2.45) is 10.9 Å².